The molecule has 0 saturated heterocycles. The van der Waals surface area contributed by atoms with Crippen LogP contribution in [-0.4, -0.2) is 59.1 Å². The Kier molecular flexibility index (Phi) is 6.89. The number of ether oxygens (including phenoxy) is 1. The van der Waals surface area contributed by atoms with Gasteiger partial charge in [-0.25, -0.2) is 9.18 Å². The molecule has 2 rings (SSSR count). The van der Waals surface area contributed by atoms with Crippen LogP contribution in [-0.2, 0) is 14.9 Å². The summed E-state index contributed by atoms with van der Waals surface area (Å²) in [4.78, 5) is 21.2. The molecule has 32 heavy (non-hydrogen) atoms. The van der Waals surface area contributed by atoms with Gasteiger partial charge in [-0.1, -0.05) is 11.6 Å². The van der Waals surface area contributed by atoms with Crippen molar-refractivity contribution in [2.75, 3.05) is 13.3 Å². The molecule has 0 heterocycles. The lowest BCUT2D eigenvalue weighted by atomic mass is 10.0. The number of hydrogen-bond donors (Lipinski definition) is 3. The van der Waals surface area contributed by atoms with E-state index in [1.54, 1.807) is 0 Å². The first-order valence-electron chi connectivity index (χ1n) is 8.17. The second-order valence-corrected chi connectivity index (χ2v) is 8.18. The van der Waals surface area contributed by atoms with Crippen LogP contribution in [0.1, 0.15) is 16.8 Å². The fourth-order valence-corrected chi connectivity index (χ4v) is 3.63. The Morgan fingerprint density at radius 2 is 1.81 bits per heavy atom. The van der Waals surface area contributed by atoms with Gasteiger partial charge in [0.1, 0.15) is 16.6 Å². The van der Waals surface area contributed by atoms with Gasteiger partial charge in [-0.15, -0.1) is 0 Å². The van der Waals surface area contributed by atoms with Crippen LogP contribution < -0.4 is 0 Å². The lowest BCUT2D eigenvalue weighted by molar-refractivity contribution is -0.385. The minimum absolute atomic E-state index is 0.492. The van der Waals surface area contributed by atoms with Crippen LogP contribution in [0.5, 0.6) is 5.75 Å². The van der Waals surface area contributed by atoms with E-state index in [1.807, 2.05) is 0 Å². The summed E-state index contributed by atoms with van der Waals surface area (Å²) in [6.45, 7) is -3.37. The van der Waals surface area contributed by atoms with Gasteiger partial charge in [0.05, 0.1) is 17.1 Å². The number of hydrogen-bond acceptors (Lipinski definition) is 8. The zero-order chi connectivity index (χ0) is 24.6. The number of nitrogens with zero attached hydrogens (tertiary/aromatic N) is 1. The Morgan fingerprint density at radius 1 is 1.22 bits per heavy atom. The van der Waals surface area contributed by atoms with Crippen LogP contribution in [0.15, 0.2) is 23.1 Å². The Bertz CT molecular complexity index is 1200. The van der Waals surface area contributed by atoms with E-state index in [0.717, 1.165) is 6.07 Å². The largest absolute Gasteiger partial charge is 0.502 e. The summed E-state index contributed by atoms with van der Waals surface area (Å²) < 4.78 is 88.0. The average molecular weight is 506 g/mol. The van der Waals surface area contributed by atoms with Gasteiger partial charge >= 0.3 is 17.8 Å². The Balaban J connectivity index is 2.52. The van der Waals surface area contributed by atoms with E-state index < -0.39 is 90.2 Å². The third kappa shape index (κ3) is 4.85. The molecule has 0 amide bonds. The Hall–Kier alpha value is -2.75. The molecule has 16 heteroatoms. The number of nitro benzene ring substituents is 1. The van der Waals surface area contributed by atoms with E-state index in [1.165, 1.54) is 0 Å². The minimum atomic E-state index is -5.37. The molecule has 0 saturated carbocycles. The highest BCUT2D eigenvalue weighted by atomic mass is 35.5. The molecular formula is C16H12ClF4NO9S. The van der Waals surface area contributed by atoms with E-state index in [9.17, 15) is 55.7 Å². The van der Waals surface area contributed by atoms with Crippen molar-refractivity contribution in [2.24, 2.45) is 0 Å². The van der Waals surface area contributed by atoms with Crippen LogP contribution >= 0.6 is 11.6 Å². The number of esters is 1. The lowest BCUT2D eigenvalue weighted by Crippen LogP contribution is -2.48. The first kappa shape index (κ1) is 25.5. The molecule has 0 bridgehead atoms. The second-order valence-electron chi connectivity index (χ2n) is 6.41. The highest BCUT2D eigenvalue weighted by molar-refractivity contribution is 7.86. The molecule has 0 aliphatic carbocycles. The highest BCUT2D eigenvalue weighted by Gasteiger charge is 2.53. The molecule has 0 radical (unpaired) electrons. The normalized spacial score (nSPS) is 14.2. The number of fused-ring (bicyclic) bond motifs is 1. The van der Waals surface area contributed by atoms with E-state index in [0.29, 0.717) is 12.1 Å². The minimum Gasteiger partial charge on any atom is -0.502 e. The van der Waals surface area contributed by atoms with Crippen molar-refractivity contribution < 1.29 is 55.2 Å². The van der Waals surface area contributed by atoms with E-state index in [2.05, 4.69) is 4.74 Å². The molecule has 1 unspecified atom stereocenters. The standard InChI is InChI=1S/C16H12ClF4NO9S/c17-12-9-3-7(14(24)31-2-1-15(25,6-18)16(19,20)21)4-11(32(28,29)30)8(9)5-10(23)13(12)22(26)27/h3-5,23,25H,1-2,6H2,(H,28,29,30). The number of nitro groups is 1. The zero-order valence-electron chi connectivity index (χ0n) is 15.4. The maximum Gasteiger partial charge on any atom is 0.419 e. The molecule has 1 atom stereocenters. The van der Waals surface area contributed by atoms with Crippen molar-refractivity contribution in [3.63, 3.8) is 0 Å². The average Bonchev–Trinajstić information content (AvgIpc) is 2.65. The summed E-state index contributed by atoms with van der Waals surface area (Å²) in [5.74, 6) is -2.53. The number of aliphatic hydroxyl groups is 1. The molecule has 0 spiro atoms. The van der Waals surface area contributed by atoms with Crippen LogP contribution in [0.3, 0.4) is 0 Å². The molecule has 0 aliphatic heterocycles. The van der Waals surface area contributed by atoms with E-state index >= 15 is 0 Å². The van der Waals surface area contributed by atoms with Crippen molar-refractivity contribution in [1.82, 2.24) is 0 Å². The molecule has 2 aromatic rings. The molecule has 0 aromatic heterocycles. The first-order valence-corrected chi connectivity index (χ1v) is 9.98. The predicted octanol–water partition coefficient (Wildman–Crippen LogP) is 3.16. The maximum absolute atomic E-state index is 12.7. The summed E-state index contributed by atoms with van der Waals surface area (Å²) in [6, 6.07) is 1.89. The predicted molar refractivity (Wildman–Crippen MR) is 99.0 cm³/mol. The SMILES string of the molecule is O=C(OCCC(O)(CF)C(F)(F)F)c1cc(S(=O)(=O)O)c2cc(O)c([N+](=O)[O-])c(Cl)c2c1. The number of rotatable bonds is 7. The first-order chi connectivity index (χ1) is 14.5. The fourth-order valence-electron chi connectivity index (χ4n) is 2.59. The number of benzene rings is 2. The van der Waals surface area contributed by atoms with Gasteiger partial charge in [0.2, 0.25) is 0 Å². The smallest absolute Gasteiger partial charge is 0.419 e. The van der Waals surface area contributed by atoms with Crippen molar-refractivity contribution in [2.45, 2.75) is 23.1 Å². The number of halogens is 5. The number of phenolic OH excluding ortho intramolecular Hbond substituents is 1. The van der Waals surface area contributed by atoms with Gasteiger partial charge in [-0.05, 0) is 18.2 Å². The van der Waals surface area contributed by atoms with Crippen LogP contribution in [0.2, 0.25) is 5.02 Å². The third-order valence-corrected chi connectivity index (χ3v) is 5.58. The number of alkyl halides is 4. The van der Waals surface area contributed by atoms with Gasteiger partial charge in [-0.2, -0.15) is 21.6 Å². The number of phenols is 1. The topological polar surface area (TPSA) is 164 Å². The van der Waals surface area contributed by atoms with Crippen molar-refractivity contribution in [3.8, 4) is 5.75 Å². The fraction of sp³-hybridized carbons (Fsp3) is 0.312. The quantitative estimate of drug-likeness (QED) is 0.168. The summed E-state index contributed by atoms with van der Waals surface area (Å²) in [7, 11) is -5.10. The summed E-state index contributed by atoms with van der Waals surface area (Å²) in [5, 5.41) is 28.3. The van der Waals surface area contributed by atoms with Crippen molar-refractivity contribution >= 4 is 44.1 Å². The molecular weight excluding hydrogens is 494 g/mol. The summed E-state index contributed by atoms with van der Waals surface area (Å²) >= 11 is 5.84. The maximum atomic E-state index is 12.7. The number of carbonyl (C=O) groups is 1. The van der Waals surface area contributed by atoms with Crippen molar-refractivity contribution in [3.05, 3.63) is 38.9 Å². The zero-order valence-corrected chi connectivity index (χ0v) is 17.0. The monoisotopic (exact) mass is 505 g/mol. The molecule has 10 nitrogen and oxygen atoms in total. The molecule has 3 N–H and O–H groups in total. The van der Waals surface area contributed by atoms with Gasteiger partial charge < -0.3 is 14.9 Å². The van der Waals surface area contributed by atoms with Gasteiger partial charge in [0.15, 0.2) is 11.4 Å². The summed E-state index contributed by atoms with van der Waals surface area (Å²) in [5.41, 5.74) is -5.57. The number of aromatic hydroxyl groups is 1. The molecule has 2 aromatic carbocycles. The van der Waals surface area contributed by atoms with Gasteiger partial charge in [0.25, 0.3) is 10.1 Å². The van der Waals surface area contributed by atoms with Gasteiger partial charge in [0, 0.05) is 17.2 Å². The van der Waals surface area contributed by atoms with E-state index in [-0.39, 0.29) is 0 Å². The summed E-state index contributed by atoms with van der Waals surface area (Å²) in [6.07, 6.45) is -6.76. The second kappa shape index (κ2) is 8.65. The Labute approximate surface area is 180 Å². The Morgan fingerprint density at radius 3 is 2.28 bits per heavy atom. The highest BCUT2D eigenvalue weighted by Crippen LogP contribution is 2.42. The van der Waals surface area contributed by atoms with Crippen LogP contribution in [0.25, 0.3) is 10.8 Å². The lowest BCUT2D eigenvalue weighted by Gasteiger charge is -2.27. The number of carbonyl (C=O) groups excluding carboxylic acids is 1. The van der Waals surface area contributed by atoms with E-state index in [4.69, 9.17) is 11.6 Å². The third-order valence-electron chi connectivity index (χ3n) is 4.30. The molecule has 0 fully saturated rings. The van der Waals surface area contributed by atoms with Crippen molar-refractivity contribution in [1.29, 1.82) is 0 Å². The molecule has 176 valence electrons. The van der Waals surface area contributed by atoms with Gasteiger partial charge in [-0.3, -0.25) is 14.7 Å². The van der Waals surface area contributed by atoms with Crippen LogP contribution in [0, 0.1) is 10.1 Å². The van der Waals surface area contributed by atoms with Crippen LogP contribution in [0.4, 0.5) is 23.2 Å². The molecule has 0 aliphatic rings.